The van der Waals surface area contributed by atoms with E-state index in [1.54, 1.807) is 0 Å². The number of aliphatic hydroxyl groups is 2. The molecule has 0 aromatic rings. The van der Waals surface area contributed by atoms with E-state index in [1.807, 2.05) is 0 Å². The fraction of sp³-hybridized carbons (Fsp3) is 0.500. The minimum atomic E-state index is -1.06. The summed E-state index contributed by atoms with van der Waals surface area (Å²) in [5.74, 6) is -0.218. The Morgan fingerprint density at radius 1 is 1.75 bits per heavy atom. The topological polar surface area (TPSA) is 49.7 Å². The van der Waals surface area contributed by atoms with Gasteiger partial charge in [0.05, 0.1) is 0 Å². The minimum absolute atomic E-state index is 0.218. The summed E-state index contributed by atoms with van der Waals surface area (Å²) in [7, 11) is 0. The fourth-order valence-corrected chi connectivity index (χ4v) is 0.594. The van der Waals surface area contributed by atoms with Crippen LogP contribution in [0, 0.1) is 0 Å². The zero-order chi connectivity index (χ0) is 6.15. The first-order valence-corrected chi connectivity index (χ1v) is 2.52. The number of halogens is 1. The van der Waals surface area contributed by atoms with E-state index in [0.29, 0.717) is 0 Å². The number of aliphatic hydroxyl groups excluding tert-OH is 2. The third-order valence-corrected chi connectivity index (χ3v) is 1.21. The largest absolute Gasteiger partial charge is 0.506 e. The highest BCUT2D eigenvalue weighted by molar-refractivity contribution is 6.20. The van der Waals surface area contributed by atoms with Gasteiger partial charge in [0.1, 0.15) is 6.26 Å². The van der Waals surface area contributed by atoms with Crippen LogP contribution in [0.4, 0.5) is 0 Å². The Morgan fingerprint density at radius 3 is 2.50 bits per heavy atom. The van der Waals surface area contributed by atoms with Gasteiger partial charge in [-0.05, 0) is 0 Å². The second kappa shape index (κ2) is 1.84. The van der Waals surface area contributed by atoms with Crippen molar-refractivity contribution in [3.05, 3.63) is 12.0 Å². The molecule has 0 fully saturated rings. The minimum Gasteiger partial charge on any atom is -0.506 e. The van der Waals surface area contributed by atoms with Crippen molar-refractivity contribution in [2.24, 2.45) is 0 Å². The molecule has 0 aromatic heterocycles. The molecule has 1 aliphatic heterocycles. The van der Waals surface area contributed by atoms with Gasteiger partial charge in [0.2, 0.25) is 5.56 Å². The summed E-state index contributed by atoms with van der Waals surface area (Å²) >= 11 is 5.27. The summed E-state index contributed by atoms with van der Waals surface area (Å²) in [4.78, 5) is 0. The van der Waals surface area contributed by atoms with Crippen molar-refractivity contribution in [1.29, 1.82) is 0 Å². The molecule has 46 valence electrons. The molecular weight excluding hydrogens is 131 g/mol. The lowest BCUT2D eigenvalue weighted by Gasteiger charge is -2.03. The molecule has 4 heteroatoms. The molecule has 0 bridgehead atoms. The predicted molar refractivity (Wildman–Crippen MR) is 27.4 cm³/mol. The van der Waals surface area contributed by atoms with Crippen molar-refractivity contribution in [2.45, 2.75) is 11.7 Å². The summed E-state index contributed by atoms with van der Waals surface area (Å²) in [6, 6.07) is 0. The number of hydrogen-bond acceptors (Lipinski definition) is 3. The molecule has 1 rings (SSSR count). The first-order valence-electron chi connectivity index (χ1n) is 2.08. The maximum atomic E-state index is 8.69. The van der Waals surface area contributed by atoms with E-state index in [9.17, 15) is 0 Å². The Balaban J connectivity index is 2.59. The summed E-state index contributed by atoms with van der Waals surface area (Å²) < 4.78 is 4.48. The molecule has 0 saturated carbocycles. The van der Waals surface area contributed by atoms with E-state index < -0.39 is 11.7 Å². The number of rotatable bonds is 0. The molecule has 2 unspecified atom stereocenters. The van der Waals surface area contributed by atoms with Gasteiger partial charge in [0.15, 0.2) is 11.9 Å². The summed E-state index contributed by atoms with van der Waals surface area (Å²) in [6.07, 6.45) is -0.0285. The highest BCUT2D eigenvalue weighted by Crippen LogP contribution is 2.18. The highest BCUT2D eigenvalue weighted by Gasteiger charge is 2.26. The molecule has 0 saturated heterocycles. The normalized spacial score (nSPS) is 36.5. The SMILES string of the molecule is OC1=COC(Cl)C1O. The molecule has 2 atom stereocenters. The zero-order valence-electron chi connectivity index (χ0n) is 3.91. The van der Waals surface area contributed by atoms with Crippen LogP contribution in [-0.4, -0.2) is 21.9 Å². The van der Waals surface area contributed by atoms with Crippen LogP contribution in [0.1, 0.15) is 0 Å². The van der Waals surface area contributed by atoms with Gasteiger partial charge in [-0.1, -0.05) is 11.6 Å². The second-order valence-electron chi connectivity index (χ2n) is 1.47. The van der Waals surface area contributed by atoms with Crippen molar-refractivity contribution < 1.29 is 14.9 Å². The Morgan fingerprint density at radius 2 is 2.38 bits per heavy atom. The molecular formula is C4H5ClO3. The standard InChI is InChI=1S/C4H5ClO3/c5-4-3(7)2(6)1-8-4/h1,3-4,6-7H. The fourth-order valence-electron chi connectivity index (χ4n) is 0.413. The third kappa shape index (κ3) is 0.743. The van der Waals surface area contributed by atoms with Crippen LogP contribution in [0.25, 0.3) is 0 Å². The predicted octanol–water partition coefficient (Wildman–Crippen LogP) is 0.342. The summed E-state index contributed by atoms with van der Waals surface area (Å²) in [5.41, 5.74) is -0.824. The van der Waals surface area contributed by atoms with Crippen molar-refractivity contribution in [3.8, 4) is 0 Å². The van der Waals surface area contributed by atoms with Crippen LogP contribution in [0.5, 0.6) is 0 Å². The van der Waals surface area contributed by atoms with Gasteiger partial charge in [-0.15, -0.1) is 0 Å². The molecule has 2 N–H and O–H groups in total. The quantitative estimate of drug-likeness (QED) is 0.472. The van der Waals surface area contributed by atoms with Crippen LogP contribution in [0.2, 0.25) is 0 Å². The Hall–Kier alpha value is -0.410. The van der Waals surface area contributed by atoms with Crippen LogP contribution in [-0.2, 0) is 4.74 Å². The van der Waals surface area contributed by atoms with Crippen LogP contribution >= 0.6 is 11.6 Å². The van der Waals surface area contributed by atoms with Gasteiger partial charge in [-0.3, -0.25) is 0 Å². The molecule has 0 amide bonds. The van der Waals surface area contributed by atoms with Gasteiger partial charge in [-0.2, -0.15) is 0 Å². The lowest BCUT2D eigenvalue weighted by molar-refractivity contribution is 0.0960. The average molecular weight is 137 g/mol. The number of alkyl halides is 1. The maximum absolute atomic E-state index is 8.69. The van der Waals surface area contributed by atoms with E-state index in [4.69, 9.17) is 21.8 Å². The van der Waals surface area contributed by atoms with Crippen LogP contribution in [0.3, 0.4) is 0 Å². The zero-order valence-corrected chi connectivity index (χ0v) is 4.67. The molecule has 0 aromatic carbocycles. The van der Waals surface area contributed by atoms with Crippen molar-refractivity contribution in [1.82, 2.24) is 0 Å². The third-order valence-electron chi connectivity index (χ3n) is 0.870. The van der Waals surface area contributed by atoms with Gasteiger partial charge >= 0.3 is 0 Å². The first kappa shape index (κ1) is 5.72. The number of hydrogen-bond donors (Lipinski definition) is 2. The average Bonchev–Trinajstić information content (AvgIpc) is 1.98. The van der Waals surface area contributed by atoms with Gasteiger partial charge in [-0.25, -0.2) is 0 Å². The lowest BCUT2D eigenvalue weighted by atomic mass is 10.4. The smallest absolute Gasteiger partial charge is 0.204 e. The van der Waals surface area contributed by atoms with E-state index in [2.05, 4.69) is 4.74 Å². The molecule has 3 nitrogen and oxygen atoms in total. The summed E-state index contributed by atoms with van der Waals surface area (Å²) in [5, 5.41) is 17.3. The van der Waals surface area contributed by atoms with Crippen molar-refractivity contribution in [2.75, 3.05) is 0 Å². The van der Waals surface area contributed by atoms with Gasteiger partial charge < -0.3 is 14.9 Å². The first-order chi connectivity index (χ1) is 3.72. The monoisotopic (exact) mass is 136 g/mol. The molecule has 0 aliphatic carbocycles. The van der Waals surface area contributed by atoms with E-state index in [0.717, 1.165) is 6.26 Å². The van der Waals surface area contributed by atoms with Crippen LogP contribution < -0.4 is 0 Å². The highest BCUT2D eigenvalue weighted by atomic mass is 35.5. The number of ether oxygens (including phenoxy) is 1. The molecule has 0 spiro atoms. The Bertz CT molecular complexity index is 122. The van der Waals surface area contributed by atoms with Gasteiger partial charge in [0.25, 0.3) is 0 Å². The summed E-state index contributed by atoms with van der Waals surface area (Å²) in [6.45, 7) is 0. The van der Waals surface area contributed by atoms with E-state index in [-0.39, 0.29) is 5.76 Å². The Kier molecular flexibility index (Phi) is 1.31. The van der Waals surface area contributed by atoms with Gasteiger partial charge in [0, 0.05) is 0 Å². The Labute approximate surface area is 51.1 Å². The molecule has 8 heavy (non-hydrogen) atoms. The van der Waals surface area contributed by atoms with Crippen molar-refractivity contribution >= 4 is 11.6 Å². The van der Waals surface area contributed by atoms with Crippen LogP contribution in [0.15, 0.2) is 12.0 Å². The molecule has 0 radical (unpaired) electrons. The molecule has 1 aliphatic rings. The van der Waals surface area contributed by atoms with E-state index >= 15 is 0 Å². The van der Waals surface area contributed by atoms with Crippen molar-refractivity contribution in [3.63, 3.8) is 0 Å². The molecule has 1 heterocycles. The van der Waals surface area contributed by atoms with E-state index in [1.165, 1.54) is 0 Å². The lowest BCUT2D eigenvalue weighted by Crippen LogP contribution is -2.17. The second-order valence-corrected chi connectivity index (χ2v) is 1.90. The maximum Gasteiger partial charge on any atom is 0.204 e.